The Balaban J connectivity index is 0.000000206. The maximum absolute atomic E-state index is 9.37. The van der Waals surface area contributed by atoms with Gasteiger partial charge in [-0.25, -0.2) is 0 Å². The highest BCUT2D eigenvalue weighted by Crippen LogP contribution is 2.32. The van der Waals surface area contributed by atoms with E-state index < -0.39 is 0 Å². The average Bonchev–Trinajstić information content (AvgIpc) is 2.93. The molecule has 1 N–H and O–H groups in total. The number of methoxy groups -OCH3 is 1. The maximum Gasteiger partial charge on any atom is 0.118 e. The molecule has 0 aliphatic carbocycles. The third-order valence-corrected chi connectivity index (χ3v) is 7.57. The summed E-state index contributed by atoms with van der Waals surface area (Å²) < 4.78 is 7.45. The molecule has 4 rings (SSSR count). The molecule has 2 nitrogen and oxygen atoms in total. The molecule has 4 heteroatoms. The molecule has 37 heavy (non-hydrogen) atoms. The van der Waals surface area contributed by atoms with Gasteiger partial charge in [-0.05, 0) is 83.6 Å². The van der Waals surface area contributed by atoms with E-state index >= 15 is 0 Å². The summed E-state index contributed by atoms with van der Waals surface area (Å²) in [5.41, 5.74) is 5.31. The summed E-state index contributed by atoms with van der Waals surface area (Å²) in [4.78, 5) is 0. The van der Waals surface area contributed by atoms with Crippen molar-refractivity contribution in [3.05, 3.63) is 128 Å². The molecule has 0 aromatic heterocycles. The van der Waals surface area contributed by atoms with Crippen LogP contribution in [0.5, 0.6) is 11.5 Å². The Kier molecular flexibility index (Phi) is 11.8. The lowest BCUT2D eigenvalue weighted by Gasteiger charge is -2.17. The number of benzene rings is 4. The van der Waals surface area contributed by atoms with E-state index in [4.69, 9.17) is 4.74 Å². The van der Waals surface area contributed by atoms with Crippen LogP contribution in [0.15, 0.2) is 106 Å². The van der Waals surface area contributed by atoms with Gasteiger partial charge in [0.1, 0.15) is 11.5 Å². The van der Waals surface area contributed by atoms with Crippen LogP contribution in [0.3, 0.4) is 0 Å². The standard InChI is InChI=1S/C17H19BrO.C16H17BrO/c1-3-4-17(13-5-9-15(18)10-6-13)14-7-11-16(19-2)12-8-14;1-2-3-16(12-4-8-14(17)9-5-12)13-6-10-15(18)11-7-13/h5-12,17H,3-4H2,1-2H3;4-11,16,18H,2-3H2,1H3. The van der Waals surface area contributed by atoms with Crippen molar-refractivity contribution in [2.45, 2.75) is 51.4 Å². The van der Waals surface area contributed by atoms with Crippen LogP contribution in [-0.2, 0) is 0 Å². The predicted octanol–water partition coefficient (Wildman–Crippen LogP) is 10.5. The van der Waals surface area contributed by atoms with Crippen molar-refractivity contribution in [1.29, 1.82) is 0 Å². The third kappa shape index (κ3) is 8.76. The van der Waals surface area contributed by atoms with Crippen LogP contribution < -0.4 is 4.74 Å². The number of halogens is 2. The number of aromatic hydroxyl groups is 1. The normalized spacial score (nSPS) is 12.2. The number of phenols is 1. The van der Waals surface area contributed by atoms with Crippen LogP contribution in [0, 0.1) is 0 Å². The first kappa shape index (κ1) is 29.0. The van der Waals surface area contributed by atoms with Crippen LogP contribution in [0.1, 0.15) is 73.6 Å². The Hall–Kier alpha value is -2.56. The Morgan fingerprint density at radius 1 is 0.568 bits per heavy atom. The minimum atomic E-state index is 0.324. The van der Waals surface area contributed by atoms with Crippen molar-refractivity contribution in [2.75, 3.05) is 7.11 Å². The van der Waals surface area contributed by atoms with Gasteiger partial charge in [0.2, 0.25) is 0 Å². The van der Waals surface area contributed by atoms with E-state index in [1.165, 1.54) is 28.7 Å². The highest BCUT2D eigenvalue weighted by molar-refractivity contribution is 9.10. The Bertz CT molecular complexity index is 1140. The summed E-state index contributed by atoms with van der Waals surface area (Å²) in [6, 6.07) is 33.1. The zero-order chi connectivity index (χ0) is 26.6. The summed E-state index contributed by atoms with van der Waals surface area (Å²) in [6.45, 7) is 4.43. The highest BCUT2D eigenvalue weighted by Gasteiger charge is 2.14. The van der Waals surface area contributed by atoms with Crippen molar-refractivity contribution < 1.29 is 9.84 Å². The fourth-order valence-corrected chi connectivity index (χ4v) is 5.09. The second kappa shape index (κ2) is 15.0. The van der Waals surface area contributed by atoms with E-state index in [0.29, 0.717) is 17.6 Å². The molecule has 0 bridgehead atoms. The van der Waals surface area contributed by atoms with Gasteiger partial charge in [0.25, 0.3) is 0 Å². The zero-order valence-corrected chi connectivity index (χ0v) is 25.0. The second-order valence-corrected chi connectivity index (χ2v) is 11.0. The quantitative estimate of drug-likeness (QED) is 0.201. The number of ether oxygens (including phenoxy) is 1. The van der Waals surface area contributed by atoms with Crippen LogP contribution in [0.25, 0.3) is 0 Å². The largest absolute Gasteiger partial charge is 0.508 e. The van der Waals surface area contributed by atoms with E-state index in [9.17, 15) is 5.11 Å². The first-order valence-corrected chi connectivity index (χ1v) is 14.5. The molecule has 2 unspecified atom stereocenters. The summed E-state index contributed by atoms with van der Waals surface area (Å²) in [7, 11) is 1.70. The Morgan fingerprint density at radius 3 is 1.22 bits per heavy atom. The lowest BCUT2D eigenvalue weighted by molar-refractivity contribution is 0.414. The summed E-state index contributed by atoms with van der Waals surface area (Å²) in [5.74, 6) is 2.10. The molecular formula is C33H36Br2O2. The third-order valence-electron chi connectivity index (χ3n) is 6.51. The van der Waals surface area contributed by atoms with E-state index in [1.807, 2.05) is 24.3 Å². The molecule has 0 fully saturated rings. The van der Waals surface area contributed by atoms with Gasteiger partial charge in [-0.15, -0.1) is 0 Å². The fourth-order valence-electron chi connectivity index (χ4n) is 4.56. The molecule has 0 aliphatic rings. The molecule has 0 saturated heterocycles. The first-order valence-electron chi connectivity index (χ1n) is 12.9. The van der Waals surface area contributed by atoms with E-state index in [1.54, 1.807) is 19.2 Å². The average molecular weight is 624 g/mol. The lowest BCUT2D eigenvalue weighted by atomic mass is 9.88. The summed E-state index contributed by atoms with van der Waals surface area (Å²) in [5, 5.41) is 9.37. The minimum Gasteiger partial charge on any atom is -0.508 e. The SMILES string of the molecule is CCCC(c1ccc(Br)cc1)c1ccc(OC)cc1.CCCC(c1ccc(O)cc1)c1ccc(Br)cc1. The molecule has 0 spiro atoms. The molecular weight excluding hydrogens is 588 g/mol. The molecule has 4 aromatic rings. The summed E-state index contributed by atoms with van der Waals surface area (Å²) in [6.07, 6.45) is 4.59. The Labute approximate surface area is 239 Å². The van der Waals surface area contributed by atoms with Crippen LogP contribution in [-0.4, -0.2) is 12.2 Å². The van der Waals surface area contributed by atoms with Crippen LogP contribution >= 0.6 is 31.9 Å². The van der Waals surface area contributed by atoms with Gasteiger partial charge in [0.05, 0.1) is 7.11 Å². The molecule has 0 saturated carbocycles. The minimum absolute atomic E-state index is 0.324. The van der Waals surface area contributed by atoms with Gasteiger partial charge in [-0.3, -0.25) is 0 Å². The van der Waals surface area contributed by atoms with Crippen molar-refractivity contribution in [2.24, 2.45) is 0 Å². The highest BCUT2D eigenvalue weighted by atomic mass is 79.9. The molecule has 2 atom stereocenters. The zero-order valence-electron chi connectivity index (χ0n) is 21.8. The van der Waals surface area contributed by atoms with E-state index in [-0.39, 0.29) is 0 Å². The number of hydrogen-bond donors (Lipinski definition) is 1. The van der Waals surface area contributed by atoms with Gasteiger partial charge in [0, 0.05) is 20.8 Å². The van der Waals surface area contributed by atoms with Crippen molar-refractivity contribution >= 4 is 31.9 Å². The fraction of sp³-hybridized carbons (Fsp3) is 0.273. The number of hydrogen-bond acceptors (Lipinski definition) is 2. The first-order chi connectivity index (χ1) is 17.9. The van der Waals surface area contributed by atoms with Gasteiger partial charge in [-0.2, -0.15) is 0 Å². The van der Waals surface area contributed by atoms with E-state index in [2.05, 4.69) is 106 Å². The predicted molar refractivity (Wildman–Crippen MR) is 163 cm³/mol. The molecule has 0 aliphatic heterocycles. The Morgan fingerprint density at radius 2 is 0.892 bits per heavy atom. The van der Waals surface area contributed by atoms with Gasteiger partial charge >= 0.3 is 0 Å². The number of phenolic OH excluding ortho intramolecular Hbond substituents is 1. The monoisotopic (exact) mass is 622 g/mol. The molecule has 4 aromatic carbocycles. The molecule has 194 valence electrons. The van der Waals surface area contributed by atoms with Gasteiger partial charge < -0.3 is 9.84 Å². The molecule has 0 heterocycles. The molecule has 0 radical (unpaired) electrons. The van der Waals surface area contributed by atoms with Crippen molar-refractivity contribution in [3.63, 3.8) is 0 Å². The molecule has 0 amide bonds. The smallest absolute Gasteiger partial charge is 0.118 e. The van der Waals surface area contributed by atoms with Crippen LogP contribution in [0.4, 0.5) is 0 Å². The van der Waals surface area contributed by atoms with Gasteiger partial charge in [-0.1, -0.05) is 107 Å². The van der Waals surface area contributed by atoms with Crippen molar-refractivity contribution in [3.8, 4) is 11.5 Å². The van der Waals surface area contributed by atoms with Crippen LogP contribution in [0.2, 0.25) is 0 Å². The van der Waals surface area contributed by atoms with E-state index in [0.717, 1.165) is 34.0 Å². The summed E-state index contributed by atoms with van der Waals surface area (Å²) >= 11 is 6.96. The number of rotatable bonds is 9. The lowest BCUT2D eigenvalue weighted by Crippen LogP contribution is -2.00. The maximum atomic E-state index is 9.37. The topological polar surface area (TPSA) is 29.5 Å². The second-order valence-electron chi connectivity index (χ2n) is 9.15. The van der Waals surface area contributed by atoms with Crippen molar-refractivity contribution in [1.82, 2.24) is 0 Å². The van der Waals surface area contributed by atoms with Gasteiger partial charge in [0.15, 0.2) is 0 Å².